The summed E-state index contributed by atoms with van der Waals surface area (Å²) in [5, 5.41) is 5.11. The van der Waals surface area contributed by atoms with Gasteiger partial charge in [0.2, 0.25) is 0 Å². The van der Waals surface area contributed by atoms with Crippen LogP contribution in [0, 0.1) is 6.92 Å². The number of aryl methyl sites for hydroxylation is 1. The van der Waals surface area contributed by atoms with Gasteiger partial charge in [-0.3, -0.25) is 0 Å². The van der Waals surface area contributed by atoms with Crippen LogP contribution in [-0.2, 0) is 0 Å². The predicted octanol–water partition coefficient (Wildman–Crippen LogP) is 11.6. The number of hydrogen-bond acceptors (Lipinski definition) is 1. The minimum atomic E-state index is 1.21. The predicted molar refractivity (Wildman–Crippen MR) is 186 cm³/mol. The highest BCUT2D eigenvalue weighted by Gasteiger charge is 2.20. The van der Waals surface area contributed by atoms with Gasteiger partial charge in [0, 0.05) is 18.4 Å². The summed E-state index contributed by atoms with van der Waals surface area (Å²) in [4.78, 5) is 2.33. The van der Waals surface area contributed by atoms with Crippen LogP contribution < -0.4 is 4.90 Å². The second kappa shape index (κ2) is 10.2. The minimum Gasteiger partial charge on any atom is -0.344 e. The maximum absolute atomic E-state index is 2.37. The van der Waals surface area contributed by atoms with Gasteiger partial charge in [0.25, 0.3) is 0 Å². The average Bonchev–Trinajstić information content (AvgIpc) is 3.20. The average molecular weight is 550 g/mol. The molecule has 0 saturated carbocycles. The van der Waals surface area contributed by atoms with Crippen LogP contribution in [-0.4, -0.2) is 7.05 Å². The highest BCUT2D eigenvalue weighted by atomic mass is 15.1. The molecule has 1 heteroatoms. The molecule has 0 spiro atoms. The number of hydrogen-bond donors (Lipinski definition) is 0. The Morgan fingerprint density at radius 3 is 1.72 bits per heavy atom. The van der Waals surface area contributed by atoms with Crippen molar-refractivity contribution in [3.8, 4) is 33.4 Å². The highest BCUT2D eigenvalue weighted by Crippen LogP contribution is 2.46. The summed E-state index contributed by atoms with van der Waals surface area (Å²) in [6.45, 7) is 2.19. The van der Waals surface area contributed by atoms with Gasteiger partial charge in [-0.25, -0.2) is 0 Å². The minimum absolute atomic E-state index is 1.21. The lowest BCUT2D eigenvalue weighted by molar-refractivity contribution is 1.20. The monoisotopic (exact) mass is 549 g/mol. The zero-order valence-corrected chi connectivity index (χ0v) is 24.4. The van der Waals surface area contributed by atoms with Crippen LogP contribution in [0.4, 0.5) is 11.4 Å². The Morgan fingerprint density at radius 1 is 0.395 bits per heavy atom. The maximum atomic E-state index is 2.37. The fourth-order valence-electron chi connectivity index (χ4n) is 6.75. The van der Waals surface area contributed by atoms with Crippen molar-refractivity contribution in [1.29, 1.82) is 0 Å². The van der Waals surface area contributed by atoms with Crippen molar-refractivity contribution >= 4 is 45.1 Å². The smallest absolute Gasteiger partial charge is 0.0488 e. The van der Waals surface area contributed by atoms with E-state index in [0.29, 0.717) is 0 Å². The van der Waals surface area contributed by atoms with Crippen LogP contribution in [0.2, 0.25) is 0 Å². The number of fused-ring (bicyclic) bond motifs is 4. The number of nitrogens with zero attached hydrogens (tertiary/aromatic N) is 1. The van der Waals surface area contributed by atoms with Crippen LogP contribution in [0.5, 0.6) is 0 Å². The molecule has 0 fully saturated rings. The summed E-state index contributed by atoms with van der Waals surface area (Å²) in [5.41, 5.74) is 13.7. The lowest BCUT2D eigenvalue weighted by atomic mass is 9.85. The van der Waals surface area contributed by atoms with E-state index in [4.69, 9.17) is 0 Å². The molecule has 0 unspecified atom stereocenters. The van der Waals surface area contributed by atoms with E-state index in [1.807, 2.05) is 0 Å². The molecular formula is C42H31N. The van der Waals surface area contributed by atoms with E-state index in [9.17, 15) is 0 Å². The maximum Gasteiger partial charge on any atom is 0.0488 e. The first-order chi connectivity index (χ1) is 21.2. The van der Waals surface area contributed by atoms with Crippen molar-refractivity contribution in [2.24, 2.45) is 0 Å². The van der Waals surface area contributed by atoms with E-state index in [1.165, 1.54) is 83.0 Å². The Hall–Kier alpha value is -5.40. The number of anilines is 2. The summed E-state index contributed by atoms with van der Waals surface area (Å²) in [6.07, 6.45) is 4.47. The van der Waals surface area contributed by atoms with E-state index < -0.39 is 0 Å². The molecule has 0 aliphatic carbocycles. The third-order valence-corrected chi connectivity index (χ3v) is 8.88. The molecule has 1 nitrogen and oxygen atoms in total. The molecule has 0 atom stereocenters. The lowest BCUT2D eigenvalue weighted by Crippen LogP contribution is -2.11. The van der Waals surface area contributed by atoms with Gasteiger partial charge in [-0.2, -0.15) is 0 Å². The fraction of sp³-hybridized carbons (Fsp3) is 0.0476. The van der Waals surface area contributed by atoms with Crippen molar-refractivity contribution in [2.45, 2.75) is 6.92 Å². The molecule has 43 heavy (non-hydrogen) atoms. The topological polar surface area (TPSA) is 3.24 Å². The van der Waals surface area contributed by atoms with Gasteiger partial charge >= 0.3 is 0 Å². The first-order valence-corrected chi connectivity index (χ1v) is 14.9. The molecule has 0 radical (unpaired) electrons. The first-order valence-electron chi connectivity index (χ1n) is 14.9. The molecular weight excluding hydrogens is 518 g/mol. The van der Waals surface area contributed by atoms with Gasteiger partial charge in [-0.15, -0.1) is 0 Å². The Labute approximate surface area is 253 Å². The van der Waals surface area contributed by atoms with Gasteiger partial charge in [-0.1, -0.05) is 145 Å². The second-order valence-electron chi connectivity index (χ2n) is 11.5. The summed E-state index contributed by atoms with van der Waals surface area (Å²) in [6, 6.07) is 51.1. The molecule has 204 valence electrons. The van der Waals surface area contributed by atoms with Gasteiger partial charge in [0.1, 0.15) is 0 Å². The molecule has 0 bridgehead atoms. The Bertz CT molecular complexity index is 2190. The van der Waals surface area contributed by atoms with E-state index in [2.05, 4.69) is 171 Å². The summed E-state index contributed by atoms with van der Waals surface area (Å²) in [7, 11) is 2.18. The molecule has 0 saturated heterocycles. The van der Waals surface area contributed by atoms with Crippen LogP contribution in [0.25, 0.3) is 67.1 Å². The molecule has 7 aromatic rings. The normalized spacial score (nSPS) is 12.3. The molecule has 8 rings (SSSR count). The third kappa shape index (κ3) is 4.24. The number of para-hydroxylation sites is 1. The van der Waals surface area contributed by atoms with Gasteiger partial charge in [0.15, 0.2) is 0 Å². The zero-order chi connectivity index (χ0) is 28.9. The lowest BCUT2D eigenvalue weighted by Gasteiger charge is -2.24. The van der Waals surface area contributed by atoms with E-state index in [0.717, 1.165) is 0 Å². The highest BCUT2D eigenvalue weighted by molar-refractivity contribution is 6.21. The Kier molecular flexibility index (Phi) is 5.98. The van der Waals surface area contributed by atoms with Crippen molar-refractivity contribution < 1.29 is 0 Å². The summed E-state index contributed by atoms with van der Waals surface area (Å²) in [5.74, 6) is 0. The molecule has 0 N–H and O–H groups in total. The van der Waals surface area contributed by atoms with Crippen LogP contribution in [0.3, 0.4) is 0 Å². The van der Waals surface area contributed by atoms with Crippen LogP contribution in [0.1, 0.15) is 16.7 Å². The largest absolute Gasteiger partial charge is 0.344 e. The number of benzene rings is 7. The zero-order valence-electron chi connectivity index (χ0n) is 24.4. The molecule has 7 aromatic carbocycles. The molecule has 1 heterocycles. The SMILES string of the molecule is Cc1ccc2c(-c3ccc(-c4ccccc4)cc3)c3ccccc3c(-c3ccc4c(c3)N(C)c3ccccc3C=C4)c2c1. The van der Waals surface area contributed by atoms with Crippen LogP contribution >= 0.6 is 0 Å². The number of rotatable bonds is 3. The van der Waals surface area contributed by atoms with E-state index in [1.54, 1.807) is 0 Å². The summed E-state index contributed by atoms with van der Waals surface area (Å²) >= 11 is 0. The van der Waals surface area contributed by atoms with Crippen molar-refractivity contribution in [3.63, 3.8) is 0 Å². The quantitative estimate of drug-likeness (QED) is 0.198. The first kappa shape index (κ1) is 25.3. The van der Waals surface area contributed by atoms with Crippen molar-refractivity contribution in [1.82, 2.24) is 0 Å². The van der Waals surface area contributed by atoms with Gasteiger partial charge in [-0.05, 0) is 85.1 Å². The molecule has 1 aliphatic rings. The van der Waals surface area contributed by atoms with Crippen LogP contribution in [0.15, 0.2) is 140 Å². The Balaban J connectivity index is 1.37. The molecule has 0 aromatic heterocycles. The summed E-state index contributed by atoms with van der Waals surface area (Å²) < 4.78 is 0. The van der Waals surface area contributed by atoms with Gasteiger partial charge in [0.05, 0.1) is 0 Å². The molecule has 1 aliphatic heterocycles. The van der Waals surface area contributed by atoms with Gasteiger partial charge < -0.3 is 4.90 Å². The fourth-order valence-corrected chi connectivity index (χ4v) is 6.75. The third-order valence-electron chi connectivity index (χ3n) is 8.88. The van der Waals surface area contributed by atoms with Crippen molar-refractivity contribution in [2.75, 3.05) is 11.9 Å². The van der Waals surface area contributed by atoms with E-state index >= 15 is 0 Å². The Morgan fingerprint density at radius 2 is 0.953 bits per heavy atom. The van der Waals surface area contributed by atoms with Crippen molar-refractivity contribution in [3.05, 3.63) is 156 Å². The second-order valence-corrected chi connectivity index (χ2v) is 11.5. The standard InChI is InChI=1S/C42H31N/c1-28-16-25-37-38(26-28)42(34-24-21-32-20-19-31-12-6-9-15-39(31)43(2)40(32)27-34)36-14-8-7-13-35(36)41(37)33-22-17-30(18-23-33)29-10-4-3-5-11-29/h3-27H,1-2H3. The molecule has 0 amide bonds. The van der Waals surface area contributed by atoms with E-state index in [-0.39, 0.29) is 0 Å².